The van der Waals surface area contributed by atoms with Gasteiger partial charge in [-0.2, -0.15) is 26.3 Å². The molecule has 2 nitrogen and oxygen atoms in total. The summed E-state index contributed by atoms with van der Waals surface area (Å²) in [6, 6.07) is 0. The molecule has 0 saturated carbocycles. The topological polar surface area (TPSA) is 29.1 Å². The molecule has 0 spiro atoms. The molecule has 1 saturated heterocycles. The second-order valence-corrected chi connectivity index (χ2v) is 6.07. The second kappa shape index (κ2) is 4.60. The summed E-state index contributed by atoms with van der Waals surface area (Å²) in [6.45, 7) is 1.33. The number of rotatable bonds is 1. The number of nitrogens with one attached hydrogen (secondary N) is 1. The first-order chi connectivity index (χ1) is 7.90. The molecule has 106 valence electrons. The van der Waals surface area contributed by atoms with Gasteiger partial charge in [0.1, 0.15) is 0 Å². The van der Waals surface area contributed by atoms with Crippen molar-refractivity contribution in [3.8, 4) is 0 Å². The lowest BCUT2D eigenvalue weighted by atomic mass is 9.94. The van der Waals surface area contributed by atoms with Gasteiger partial charge in [0, 0.05) is 10.2 Å². The maximum Gasteiger partial charge on any atom is 0.430 e. The standard InChI is InChI=1S/C8H8F6INOS/c1-5(2-15)3-18-6(7(9,10)11,8(12,13)14)16-4(5)17/h2-3H2,1H3,(H,16,17). The molecule has 0 aromatic rings. The van der Waals surface area contributed by atoms with Gasteiger partial charge < -0.3 is 5.32 Å². The van der Waals surface area contributed by atoms with Crippen molar-refractivity contribution in [3.05, 3.63) is 0 Å². The van der Waals surface area contributed by atoms with Crippen LogP contribution in [0.15, 0.2) is 0 Å². The van der Waals surface area contributed by atoms with Crippen molar-refractivity contribution in [2.45, 2.75) is 24.1 Å². The summed E-state index contributed by atoms with van der Waals surface area (Å²) in [5, 5.41) is 1.12. The third-order valence-corrected chi connectivity index (χ3v) is 6.00. The Morgan fingerprint density at radius 1 is 1.28 bits per heavy atom. The van der Waals surface area contributed by atoms with Gasteiger partial charge in [-0.25, -0.2) is 0 Å². The fourth-order valence-electron chi connectivity index (χ4n) is 1.25. The first-order valence-corrected chi connectivity index (χ1v) is 7.07. The highest BCUT2D eigenvalue weighted by molar-refractivity contribution is 14.1. The highest BCUT2D eigenvalue weighted by Crippen LogP contribution is 2.54. The zero-order valence-corrected chi connectivity index (χ0v) is 11.9. The zero-order valence-electron chi connectivity index (χ0n) is 8.88. The summed E-state index contributed by atoms with van der Waals surface area (Å²) >= 11 is 1.43. The fourth-order valence-corrected chi connectivity index (χ4v) is 3.49. The molecule has 0 radical (unpaired) electrons. The van der Waals surface area contributed by atoms with E-state index >= 15 is 0 Å². The third-order valence-electron chi connectivity index (χ3n) is 2.54. The van der Waals surface area contributed by atoms with Crippen molar-refractivity contribution < 1.29 is 31.1 Å². The van der Waals surface area contributed by atoms with Gasteiger partial charge in [-0.3, -0.25) is 4.79 Å². The van der Waals surface area contributed by atoms with Crippen molar-refractivity contribution in [2.75, 3.05) is 10.2 Å². The highest BCUT2D eigenvalue weighted by atomic mass is 127. The number of carbonyl (C=O) groups is 1. The molecule has 1 aliphatic rings. The first-order valence-electron chi connectivity index (χ1n) is 4.56. The lowest BCUT2D eigenvalue weighted by Crippen LogP contribution is -2.70. The number of thioether (sulfide) groups is 1. The molecule has 1 atom stereocenters. The van der Waals surface area contributed by atoms with E-state index in [9.17, 15) is 31.1 Å². The molecule has 1 N–H and O–H groups in total. The molecule has 0 aromatic carbocycles. The van der Waals surface area contributed by atoms with Crippen LogP contribution in [0.2, 0.25) is 0 Å². The Kier molecular flexibility index (Phi) is 4.14. The minimum Gasteiger partial charge on any atom is -0.326 e. The molecule has 1 unspecified atom stereocenters. The summed E-state index contributed by atoms with van der Waals surface area (Å²) in [5.74, 6) is -1.77. The first kappa shape index (κ1) is 16.2. The molecule has 1 heterocycles. The monoisotopic (exact) mass is 407 g/mol. The van der Waals surface area contributed by atoms with Crippen LogP contribution in [-0.2, 0) is 4.79 Å². The van der Waals surface area contributed by atoms with Crippen molar-refractivity contribution in [3.63, 3.8) is 0 Å². The molecule has 1 aliphatic heterocycles. The van der Waals surface area contributed by atoms with Gasteiger partial charge in [-0.05, 0) is 6.92 Å². The number of halogens is 7. The molecule has 10 heteroatoms. The number of carbonyl (C=O) groups excluding carboxylic acids is 1. The Morgan fingerprint density at radius 3 is 2.00 bits per heavy atom. The largest absolute Gasteiger partial charge is 0.430 e. The van der Waals surface area contributed by atoms with Crippen LogP contribution in [-0.4, -0.2) is 33.3 Å². The third kappa shape index (κ3) is 2.41. The van der Waals surface area contributed by atoms with Crippen LogP contribution in [0.3, 0.4) is 0 Å². The lowest BCUT2D eigenvalue weighted by Gasteiger charge is -2.44. The van der Waals surface area contributed by atoms with Crippen LogP contribution < -0.4 is 5.32 Å². The molecule has 0 aromatic heterocycles. The van der Waals surface area contributed by atoms with E-state index in [2.05, 4.69) is 0 Å². The summed E-state index contributed by atoms with van der Waals surface area (Å²) in [4.78, 5) is 7.32. The van der Waals surface area contributed by atoms with Crippen LogP contribution in [0.4, 0.5) is 26.3 Å². The van der Waals surface area contributed by atoms with Crippen molar-refractivity contribution in [1.29, 1.82) is 0 Å². The predicted molar refractivity (Wildman–Crippen MR) is 62.4 cm³/mol. The SMILES string of the molecule is CC1(CI)CSC(C(F)(F)F)(C(F)(F)F)NC1=O. The van der Waals surface area contributed by atoms with E-state index in [1.807, 2.05) is 0 Å². The van der Waals surface area contributed by atoms with Gasteiger partial charge in [0.15, 0.2) is 0 Å². The molecule has 0 aliphatic carbocycles. The van der Waals surface area contributed by atoms with Crippen LogP contribution in [0, 0.1) is 5.41 Å². The van der Waals surface area contributed by atoms with Crippen LogP contribution in [0.25, 0.3) is 0 Å². The maximum atomic E-state index is 12.7. The molecule has 18 heavy (non-hydrogen) atoms. The Labute approximate surface area is 116 Å². The average molecular weight is 407 g/mol. The Morgan fingerprint density at radius 2 is 1.72 bits per heavy atom. The normalized spacial score (nSPS) is 29.0. The summed E-state index contributed by atoms with van der Waals surface area (Å²) in [5.41, 5.74) is -1.23. The summed E-state index contributed by atoms with van der Waals surface area (Å²) < 4.78 is 76.1. The smallest absolute Gasteiger partial charge is 0.326 e. The molecular weight excluding hydrogens is 399 g/mol. The van der Waals surface area contributed by atoms with E-state index in [1.54, 1.807) is 22.6 Å². The van der Waals surface area contributed by atoms with Gasteiger partial charge in [-0.15, -0.1) is 11.8 Å². The van der Waals surface area contributed by atoms with E-state index in [4.69, 9.17) is 0 Å². The van der Waals surface area contributed by atoms with Gasteiger partial charge in [0.25, 0.3) is 4.87 Å². The van der Waals surface area contributed by atoms with Gasteiger partial charge >= 0.3 is 12.4 Å². The van der Waals surface area contributed by atoms with Crippen molar-refractivity contribution >= 4 is 40.3 Å². The zero-order chi connectivity index (χ0) is 14.4. The van der Waals surface area contributed by atoms with Crippen LogP contribution >= 0.6 is 34.4 Å². The predicted octanol–water partition coefficient (Wildman–Crippen LogP) is 3.11. The highest BCUT2D eigenvalue weighted by Gasteiger charge is 2.74. The minimum absolute atomic E-state index is 0.134. The van der Waals surface area contributed by atoms with E-state index in [-0.39, 0.29) is 16.2 Å². The molecule has 1 rings (SSSR count). The van der Waals surface area contributed by atoms with Crippen LogP contribution in [0.1, 0.15) is 6.92 Å². The van der Waals surface area contributed by atoms with Gasteiger partial charge in [0.05, 0.1) is 5.41 Å². The number of amides is 1. The van der Waals surface area contributed by atoms with E-state index < -0.39 is 34.3 Å². The molecular formula is C8H8F6INOS. The summed E-state index contributed by atoms with van der Waals surface area (Å²) in [6.07, 6.45) is -11.2. The second-order valence-electron chi connectivity index (χ2n) is 4.11. The van der Waals surface area contributed by atoms with Crippen molar-refractivity contribution in [1.82, 2.24) is 5.32 Å². The number of hydrogen-bond donors (Lipinski definition) is 1. The summed E-state index contributed by atoms with van der Waals surface area (Å²) in [7, 11) is 0. The van der Waals surface area contributed by atoms with E-state index in [0.29, 0.717) is 0 Å². The Bertz CT molecular complexity index is 342. The van der Waals surface area contributed by atoms with Crippen molar-refractivity contribution in [2.24, 2.45) is 5.41 Å². The number of hydrogen-bond acceptors (Lipinski definition) is 2. The van der Waals surface area contributed by atoms with Crippen LogP contribution in [0.5, 0.6) is 0 Å². The lowest BCUT2D eigenvalue weighted by molar-refractivity contribution is -0.273. The molecule has 1 fully saturated rings. The van der Waals surface area contributed by atoms with Gasteiger partial charge in [-0.1, -0.05) is 22.6 Å². The average Bonchev–Trinajstić information content (AvgIpc) is 2.18. The molecule has 1 amide bonds. The quantitative estimate of drug-likeness (QED) is 0.411. The Balaban J connectivity index is 3.18. The van der Waals surface area contributed by atoms with E-state index in [0.717, 1.165) is 5.32 Å². The van der Waals surface area contributed by atoms with Gasteiger partial charge in [0.2, 0.25) is 5.91 Å². The molecule has 0 bridgehead atoms. The fraction of sp³-hybridized carbons (Fsp3) is 0.875. The van der Waals surface area contributed by atoms with E-state index in [1.165, 1.54) is 6.92 Å². The maximum absolute atomic E-state index is 12.7. The Hall–Kier alpha value is 0.130. The number of alkyl halides is 7. The minimum atomic E-state index is -5.60.